The summed E-state index contributed by atoms with van der Waals surface area (Å²) in [4.78, 5) is 46.5. The molecule has 1 fully saturated rings. The van der Waals surface area contributed by atoms with Crippen LogP contribution in [0.25, 0.3) is 38.6 Å². The van der Waals surface area contributed by atoms with Crippen molar-refractivity contribution in [2.45, 2.75) is 57.0 Å². The van der Waals surface area contributed by atoms with E-state index in [0.717, 1.165) is 23.0 Å². The first kappa shape index (κ1) is 43.7. The number of carbonyl (C=O) groups is 2. The molecule has 3 aromatic heterocycles. The summed E-state index contributed by atoms with van der Waals surface area (Å²) in [6, 6.07) is 15.2. The lowest BCUT2D eigenvalue weighted by Gasteiger charge is -2.24. The molecule has 2 aliphatic carbocycles. The Morgan fingerprint density at radius 3 is 2.32 bits per heavy atom. The number of alkyl halides is 4. The Balaban J connectivity index is 1.25. The van der Waals surface area contributed by atoms with E-state index < -0.39 is 87.7 Å². The Hall–Kier alpha value is -6.54. The van der Waals surface area contributed by atoms with E-state index in [0.29, 0.717) is 27.4 Å². The van der Waals surface area contributed by atoms with Crippen molar-refractivity contribution < 1.29 is 44.3 Å². The van der Waals surface area contributed by atoms with Crippen LogP contribution >= 0.6 is 11.6 Å². The lowest BCUT2D eigenvalue weighted by atomic mass is 10.00. The Morgan fingerprint density at radius 2 is 1.66 bits per heavy atom. The Morgan fingerprint density at radius 1 is 0.969 bits per heavy atom. The number of aromatic nitrogens is 6. The molecule has 1 saturated carbocycles. The highest BCUT2D eigenvalue weighted by molar-refractivity contribution is 7.92. The third kappa shape index (κ3) is 7.81. The molecule has 0 bridgehead atoms. The van der Waals surface area contributed by atoms with E-state index in [1.165, 1.54) is 29.9 Å². The largest absolute Gasteiger partial charge is 0.344 e. The van der Waals surface area contributed by atoms with E-state index in [2.05, 4.69) is 20.2 Å². The SMILES string of the molecule is CCC(=O)c1ccc(-c2ccc3c(=O)n(-c4ccc(Cl)c5c(NS(C)(=O)=O)nn(C)c45)c([C@H](Cc4cc(F)cc(F)c4)NC(=O)Cn4nc(C(F)F)c5c4C(F)(F)[C@@H]4C[C@H]54)nc3c2)cc1. The third-order valence-electron chi connectivity index (χ3n) is 11.7. The van der Waals surface area contributed by atoms with E-state index in [9.17, 15) is 35.6 Å². The molecule has 21 heteroatoms. The maximum atomic E-state index is 15.6. The number of hydrogen-bond acceptors (Lipinski definition) is 8. The Kier molecular flexibility index (Phi) is 10.7. The number of aryl methyl sites for hydroxylation is 1. The number of ketones is 1. The van der Waals surface area contributed by atoms with Crippen LogP contribution in [0.5, 0.6) is 0 Å². The fraction of sp³-hybridized carbons (Fsp3) is 0.273. The standard InChI is InChI=1S/C44H35ClF6N8O5S/c1-4-33(60)22-7-5-21(6-8-22)23-9-10-26-30(16-23)53-42(59(43(26)62)32-12-11-29(45)36-38(32)57(2)55-41(36)56-65(3,63)64)31(15-20-13-24(46)17-25(47)14-20)52-34(61)19-58-39-35(37(54-58)40(48)49)27-18-28(27)44(39,50)51/h5-14,16-17,27-28,31,40H,4,15,18-19H2,1-3H3,(H,52,61)(H,55,56)/t27-,28+,31-/m0/s1. The maximum absolute atomic E-state index is 15.6. The summed E-state index contributed by atoms with van der Waals surface area (Å²) in [6.07, 6.45) is -2.52. The van der Waals surface area contributed by atoms with Crippen molar-refractivity contribution in [3.8, 4) is 16.8 Å². The van der Waals surface area contributed by atoms with Crippen LogP contribution in [0.3, 0.4) is 0 Å². The second-order valence-corrected chi connectivity index (χ2v) is 18.3. The molecular weight excluding hydrogens is 902 g/mol. The van der Waals surface area contributed by atoms with Crippen molar-refractivity contribution in [1.29, 1.82) is 0 Å². The summed E-state index contributed by atoms with van der Waals surface area (Å²) in [5.41, 5.74) is -0.909. The summed E-state index contributed by atoms with van der Waals surface area (Å²) in [5.74, 6) is -9.19. The van der Waals surface area contributed by atoms with Gasteiger partial charge in [0.05, 0.1) is 44.8 Å². The molecular formula is C44H35ClF6N8O5S. The minimum atomic E-state index is -3.93. The van der Waals surface area contributed by atoms with E-state index in [-0.39, 0.29) is 73.9 Å². The van der Waals surface area contributed by atoms with Gasteiger partial charge in [-0.2, -0.15) is 19.0 Å². The van der Waals surface area contributed by atoms with Crippen molar-refractivity contribution in [2.75, 3.05) is 11.0 Å². The predicted octanol–water partition coefficient (Wildman–Crippen LogP) is 8.28. The third-order valence-corrected chi connectivity index (χ3v) is 12.5. The summed E-state index contributed by atoms with van der Waals surface area (Å²) >= 11 is 6.64. The number of hydrogen-bond donors (Lipinski definition) is 2. The fourth-order valence-corrected chi connectivity index (χ4v) is 9.55. The van der Waals surface area contributed by atoms with Crippen molar-refractivity contribution in [3.05, 3.63) is 134 Å². The van der Waals surface area contributed by atoms with Gasteiger partial charge in [-0.15, -0.1) is 0 Å². The molecule has 0 radical (unpaired) electrons. The lowest BCUT2D eigenvalue weighted by molar-refractivity contribution is -0.123. The summed E-state index contributed by atoms with van der Waals surface area (Å²) in [6.45, 7) is 0.738. The van der Waals surface area contributed by atoms with Crippen LogP contribution in [0.15, 0.2) is 77.6 Å². The number of nitrogens with zero attached hydrogens (tertiary/aromatic N) is 6. The summed E-state index contributed by atoms with van der Waals surface area (Å²) < 4.78 is 119. The average Bonchev–Trinajstić information content (AvgIpc) is 3.78. The average molecular weight is 937 g/mol. The highest BCUT2D eigenvalue weighted by Crippen LogP contribution is 2.68. The van der Waals surface area contributed by atoms with Crippen LogP contribution in [0.2, 0.25) is 5.02 Å². The topological polar surface area (TPSA) is 163 Å². The van der Waals surface area contributed by atoms with Gasteiger partial charge < -0.3 is 5.32 Å². The molecule has 2 N–H and O–H groups in total. The molecule has 13 nitrogen and oxygen atoms in total. The summed E-state index contributed by atoms with van der Waals surface area (Å²) in [5, 5.41) is 10.8. The van der Waals surface area contributed by atoms with E-state index in [1.807, 2.05) is 0 Å². The molecule has 336 valence electrons. The van der Waals surface area contributed by atoms with E-state index >= 15 is 13.6 Å². The van der Waals surface area contributed by atoms with Crippen LogP contribution < -0.4 is 15.6 Å². The summed E-state index contributed by atoms with van der Waals surface area (Å²) in [7, 11) is -2.48. The lowest BCUT2D eigenvalue weighted by Crippen LogP contribution is -2.38. The number of sulfonamides is 1. The second-order valence-electron chi connectivity index (χ2n) is 16.1. The molecule has 3 heterocycles. The number of anilines is 1. The van der Waals surface area contributed by atoms with Crippen molar-refractivity contribution in [3.63, 3.8) is 0 Å². The molecule has 0 aliphatic heterocycles. The molecule has 9 rings (SSSR count). The van der Waals surface area contributed by atoms with Gasteiger partial charge >= 0.3 is 0 Å². The molecule has 0 unspecified atom stereocenters. The van der Waals surface area contributed by atoms with Crippen molar-refractivity contribution in [1.82, 2.24) is 34.4 Å². The van der Waals surface area contributed by atoms with Crippen LogP contribution in [-0.2, 0) is 40.8 Å². The fourth-order valence-electron chi connectivity index (χ4n) is 8.81. The van der Waals surface area contributed by atoms with Gasteiger partial charge in [0.2, 0.25) is 15.9 Å². The maximum Gasteiger partial charge on any atom is 0.293 e. The number of amides is 1. The monoisotopic (exact) mass is 936 g/mol. The Bertz CT molecular complexity index is 3300. The zero-order valence-corrected chi connectivity index (χ0v) is 35.9. The molecule has 65 heavy (non-hydrogen) atoms. The first-order chi connectivity index (χ1) is 30.7. The van der Waals surface area contributed by atoms with Crippen LogP contribution in [-0.4, -0.2) is 55.5 Å². The van der Waals surface area contributed by atoms with Gasteiger partial charge in [-0.3, -0.25) is 33.0 Å². The van der Waals surface area contributed by atoms with Gasteiger partial charge in [0.1, 0.15) is 35.4 Å². The van der Waals surface area contributed by atoms with Gasteiger partial charge in [0.25, 0.3) is 17.9 Å². The van der Waals surface area contributed by atoms with Gasteiger partial charge in [-0.25, -0.2) is 31.0 Å². The second kappa shape index (κ2) is 15.9. The quantitative estimate of drug-likeness (QED) is 0.0863. The highest BCUT2D eigenvalue weighted by atomic mass is 35.5. The molecule has 3 atom stereocenters. The smallest absolute Gasteiger partial charge is 0.293 e. The number of benzene rings is 4. The minimum Gasteiger partial charge on any atom is -0.344 e. The molecule has 7 aromatic rings. The number of rotatable bonds is 13. The van der Waals surface area contributed by atoms with E-state index in [4.69, 9.17) is 16.6 Å². The molecule has 1 amide bonds. The normalized spacial score (nSPS) is 16.8. The number of nitrogens with one attached hydrogen (secondary N) is 2. The first-order valence-corrected chi connectivity index (χ1v) is 22.4. The number of carbonyl (C=O) groups excluding carboxylic acids is 2. The van der Waals surface area contributed by atoms with Gasteiger partial charge in [-0.05, 0) is 65.4 Å². The van der Waals surface area contributed by atoms with Crippen LogP contribution in [0.1, 0.15) is 76.8 Å². The van der Waals surface area contributed by atoms with Crippen LogP contribution in [0.4, 0.5) is 32.2 Å². The zero-order valence-electron chi connectivity index (χ0n) is 34.3. The van der Waals surface area contributed by atoms with Gasteiger partial charge in [-0.1, -0.05) is 48.9 Å². The Labute approximate surface area is 370 Å². The van der Waals surface area contributed by atoms with Crippen LogP contribution in [0, 0.1) is 17.6 Å². The zero-order chi connectivity index (χ0) is 46.4. The predicted molar refractivity (Wildman–Crippen MR) is 228 cm³/mol. The number of halogens is 7. The van der Waals surface area contributed by atoms with Gasteiger partial charge in [0.15, 0.2) is 11.6 Å². The molecule has 4 aromatic carbocycles. The van der Waals surface area contributed by atoms with Crippen molar-refractivity contribution >= 4 is 60.9 Å². The molecule has 2 aliphatic rings. The first-order valence-electron chi connectivity index (χ1n) is 20.1. The molecule has 0 spiro atoms. The van der Waals surface area contributed by atoms with E-state index in [1.54, 1.807) is 43.3 Å². The van der Waals surface area contributed by atoms with Crippen molar-refractivity contribution in [2.24, 2.45) is 13.0 Å². The highest BCUT2D eigenvalue weighted by Gasteiger charge is 2.67. The molecule has 0 saturated heterocycles. The number of fused-ring (bicyclic) bond motifs is 5. The number of Topliss-reactive ketones (excluding diaryl/α,β-unsaturated/α-hetero) is 1. The minimum absolute atomic E-state index is 0.00520. The van der Waals surface area contributed by atoms with Gasteiger partial charge in [0, 0.05) is 43.0 Å².